The van der Waals surface area contributed by atoms with Crippen LogP contribution in [0.25, 0.3) is 0 Å². The Balaban J connectivity index is 1.98. The normalized spacial score (nSPS) is 12.1. The first kappa shape index (κ1) is 19.0. The molecule has 1 atom stereocenters. The largest absolute Gasteiger partial charge is 0.494 e. The molecule has 25 heavy (non-hydrogen) atoms. The van der Waals surface area contributed by atoms with Crippen LogP contribution in [0.3, 0.4) is 0 Å². The summed E-state index contributed by atoms with van der Waals surface area (Å²) in [4.78, 5) is 14.7. The highest BCUT2D eigenvalue weighted by atomic mass is 16.5. The summed E-state index contributed by atoms with van der Waals surface area (Å²) in [5.74, 6) is 0.876. The second-order valence-electron chi connectivity index (χ2n) is 6.42. The number of ether oxygens (including phenoxy) is 1. The smallest absolute Gasteiger partial charge is 0.241 e. The zero-order chi connectivity index (χ0) is 18.4. The third-order valence-electron chi connectivity index (χ3n) is 4.44. The van der Waals surface area contributed by atoms with Crippen molar-refractivity contribution < 1.29 is 9.53 Å². The predicted octanol–water partition coefficient (Wildman–Crippen LogP) is 4.16. The number of carbonyl (C=O) groups is 1. The number of likely N-dealkylation sites (N-methyl/N-ethyl adjacent to an activating group) is 1. The van der Waals surface area contributed by atoms with Gasteiger partial charge in [0, 0.05) is 12.2 Å². The SMILES string of the molecule is CCOc1ccc(CN(C)[C@@H](C)C(=O)Nc2c(C)cccc2C)cc1. The Hall–Kier alpha value is -2.33. The van der Waals surface area contributed by atoms with Gasteiger partial charge in [0.15, 0.2) is 0 Å². The number of para-hydroxylation sites is 1. The van der Waals surface area contributed by atoms with E-state index in [-0.39, 0.29) is 11.9 Å². The maximum atomic E-state index is 12.6. The topological polar surface area (TPSA) is 41.6 Å². The van der Waals surface area contributed by atoms with E-state index in [0.29, 0.717) is 13.2 Å². The van der Waals surface area contributed by atoms with Gasteiger partial charge in [-0.3, -0.25) is 9.69 Å². The van der Waals surface area contributed by atoms with Crippen LogP contribution in [0.5, 0.6) is 5.75 Å². The van der Waals surface area contributed by atoms with E-state index in [9.17, 15) is 4.79 Å². The first-order chi connectivity index (χ1) is 11.9. The summed E-state index contributed by atoms with van der Waals surface area (Å²) in [7, 11) is 1.96. The fourth-order valence-corrected chi connectivity index (χ4v) is 2.72. The lowest BCUT2D eigenvalue weighted by Crippen LogP contribution is -2.39. The molecular formula is C21H28N2O2. The standard InChI is InChI=1S/C21H28N2O2/c1-6-25-19-12-10-18(11-13-19)14-23(5)17(4)21(24)22-20-15(2)8-7-9-16(20)3/h7-13,17H,6,14H2,1-5H3,(H,22,24)/t17-/m0/s1. The molecule has 0 heterocycles. The second-order valence-corrected chi connectivity index (χ2v) is 6.42. The molecule has 134 valence electrons. The van der Waals surface area contributed by atoms with Crippen molar-refractivity contribution >= 4 is 11.6 Å². The average molecular weight is 340 g/mol. The molecule has 2 rings (SSSR count). The first-order valence-corrected chi connectivity index (χ1v) is 8.71. The molecular weight excluding hydrogens is 312 g/mol. The Labute approximate surface area is 150 Å². The van der Waals surface area contributed by atoms with Crippen molar-refractivity contribution in [2.75, 3.05) is 19.0 Å². The van der Waals surface area contributed by atoms with Crippen LogP contribution in [-0.4, -0.2) is 30.5 Å². The summed E-state index contributed by atoms with van der Waals surface area (Å²) in [5, 5.41) is 3.07. The molecule has 1 amide bonds. The Morgan fingerprint density at radius 1 is 1.12 bits per heavy atom. The first-order valence-electron chi connectivity index (χ1n) is 8.71. The molecule has 0 aromatic heterocycles. The van der Waals surface area contributed by atoms with Crippen LogP contribution < -0.4 is 10.1 Å². The summed E-state index contributed by atoms with van der Waals surface area (Å²) in [6, 6.07) is 13.8. The fraction of sp³-hybridized carbons (Fsp3) is 0.381. The number of benzene rings is 2. The lowest BCUT2D eigenvalue weighted by molar-refractivity contribution is -0.120. The van der Waals surface area contributed by atoms with Gasteiger partial charge < -0.3 is 10.1 Å². The monoisotopic (exact) mass is 340 g/mol. The Kier molecular flexibility index (Phi) is 6.59. The van der Waals surface area contributed by atoms with Gasteiger partial charge in [-0.1, -0.05) is 30.3 Å². The zero-order valence-corrected chi connectivity index (χ0v) is 15.8. The van der Waals surface area contributed by atoms with Gasteiger partial charge in [-0.25, -0.2) is 0 Å². The van der Waals surface area contributed by atoms with Gasteiger partial charge in [-0.2, -0.15) is 0 Å². The lowest BCUT2D eigenvalue weighted by Gasteiger charge is -2.25. The van der Waals surface area contributed by atoms with E-state index in [1.165, 1.54) is 0 Å². The van der Waals surface area contributed by atoms with Crippen molar-refractivity contribution in [2.24, 2.45) is 0 Å². The Bertz CT molecular complexity index is 690. The van der Waals surface area contributed by atoms with Crippen LogP contribution in [0, 0.1) is 13.8 Å². The van der Waals surface area contributed by atoms with Crippen molar-refractivity contribution in [3.8, 4) is 5.75 Å². The van der Waals surface area contributed by atoms with Crippen LogP contribution in [-0.2, 0) is 11.3 Å². The number of anilines is 1. The van der Waals surface area contributed by atoms with Gasteiger partial charge >= 0.3 is 0 Å². The van der Waals surface area contributed by atoms with Crippen LogP contribution in [0.1, 0.15) is 30.5 Å². The maximum Gasteiger partial charge on any atom is 0.241 e. The van der Waals surface area contributed by atoms with Gasteiger partial charge in [-0.15, -0.1) is 0 Å². The summed E-state index contributed by atoms with van der Waals surface area (Å²) < 4.78 is 5.46. The third-order valence-corrected chi connectivity index (χ3v) is 4.44. The molecule has 0 aliphatic rings. The van der Waals surface area contributed by atoms with Gasteiger partial charge in [0.25, 0.3) is 0 Å². The quantitative estimate of drug-likeness (QED) is 0.823. The van der Waals surface area contributed by atoms with Crippen LogP contribution in [0.4, 0.5) is 5.69 Å². The van der Waals surface area contributed by atoms with Crippen LogP contribution in [0.15, 0.2) is 42.5 Å². The number of amides is 1. The van der Waals surface area contributed by atoms with E-state index < -0.39 is 0 Å². The molecule has 2 aromatic carbocycles. The number of aryl methyl sites for hydroxylation is 2. The molecule has 0 aliphatic heterocycles. The van der Waals surface area contributed by atoms with Crippen LogP contribution in [0.2, 0.25) is 0 Å². The maximum absolute atomic E-state index is 12.6. The number of hydrogen-bond acceptors (Lipinski definition) is 3. The molecule has 0 saturated carbocycles. The summed E-state index contributed by atoms with van der Waals surface area (Å²) >= 11 is 0. The summed E-state index contributed by atoms with van der Waals surface area (Å²) in [6.07, 6.45) is 0. The van der Waals surface area contributed by atoms with Crippen molar-refractivity contribution in [3.05, 3.63) is 59.2 Å². The number of hydrogen-bond donors (Lipinski definition) is 1. The molecule has 2 aromatic rings. The van der Waals surface area contributed by atoms with Crippen molar-refractivity contribution in [1.82, 2.24) is 4.90 Å². The van der Waals surface area contributed by atoms with E-state index >= 15 is 0 Å². The zero-order valence-electron chi connectivity index (χ0n) is 15.8. The molecule has 0 radical (unpaired) electrons. The minimum Gasteiger partial charge on any atom is -0.494 e. The molecule has 0 aliphatic carbocycles. The third kappa shape index (κ3) is 5.07. The van der Waals surface area contributed by atoms with Crippen molar-refractivity contribution in [1.29, 1.82) is 0 Å². The highest BCUT2D eigenvalue weighted by molar-refractivity contribution is 5.95. The lowest BCUT2D eigenvalue weighted by atomic mass is 10.1. The number of nitrogens with one attached hydrogen (secondary N) is 1. The highest BCUT2D eigenvalue weighted by Crippen LogP contribution is 2.20. The minimum atomic E-state index is -0.231. The number of nitrogens with zero attached hydrogens (tertiary/aromatic N) is 1. The van der Waals surface area contributed by atoms with Gasteiger partial charge in [0.1, 0.15) is 5.75 Å². The average Bonchev–Trinajstić information content (AvgIpc) is 2.59. The van der Waals surface area contributed by atoms with Gasteiger partial charge in [-0.05, 0) is 63.6 Å². The van der Waals surface area contributed by atoms with E-state index in [4.69, 9.17) is 4.74 Å². The molecule has 0 saturated heterocycles. The molecule has 0 spiro atoms. The Morgan fingerprint density at radius 2 is 1.72 bits per heavy atom. The van der Waals surface area contributed by atoms with E-state index in [1.54, 1.807) is 0 Å². The highest BCUT2D eigenvalue weighted by Gasteiger charge is 2.19. The predicted molar refractivity (Wildman–Crippen MR) is 103 cm³/mol. The minimum absolute atomic E-state index is 0.00540. The van der Waals surface area contributed by atoms with E-state index in [1.807, 2.05) is 82.1 Å². The van der Waals surface area contributed by atoms with E-state index in [0.717, 1.165) is 28.1 Å². The number of carbonyl (C=O) groups excluding carboxylic acids is 1. The number of rotatable bonds is 7. The van der Waals surface area contributed by atoms with Crippen molar-refractivity contribution in [2.45, 2.75) is 40.3 Å². The van der Waals surface area contributed by atoms with Crippen LogP contribution >= 0.6 is 0 Å². The van der Waals surface area contributed by atoms with Gasteiger partial charge in [0.05, 0.1) is 12.6 Å². The molecule has 1 N–H and O–H groups in total. The molecule has 4 nitrogen and oxygen atoms in total. The molecule has 0 unspecified atom stereocenters. The molecule has 0 fully saturated rings. The van der Waals surface area contributed by atoms with Crippen molar-refractivity contribution in [3.63, 3.8) is 0 Å². The second kappa shape index (κ2) is 8.67. The van der Waals surface area contributed by atoms with E-state index in [2.05, 4.69) is 5.32 Å². The summed E-state index contributed by atoms with van der Waals surface area (Å²) in [5.41, 5.74) is 4.22. The molecule has 4 heteroatoms. The Morgan fingerprint density at radius 3 is 2.28 bits per heavy atom. The van der Waals surface area contributed by atoms with Gasteiger partial charge in [0.2, 0.25) is 5.91 Å². The molecule has 0 bridgehead atoms. The summed E-state index contributed by atoms with van der Waals surface area (Å²) in [6.45, 7) is 9.28. The fourth-order valence-electron chi connectivity index (χ4n) is 2.72.